The molecule has 0 amide bonds. The van der Waals surface area contributed by atoms with E-state index in [-0.39, 0.29) is 11.7 Å². The lowest BCUT2D eigenvalue weighted by Crippen LogP contribution is -2.74. The normalized spacial score (nSPS) is 17.1. The Labute approximate surface area is 207 Å². The topological polar surface area (TPSA) is 48.6 Å². The number of thiocarbonyl (C=S) groups is 1. The fourth-order valence-electron chi connectivity index (χ4n) is 4.74. The van der Waals surface area contributed by atoms with Gasteiger partial charge in [0.05, 0.1) is 6.54 Å². The molecule has 0 aliphatic carbocycles. The highest BCUT2D eigenvalue weighted by molar-refractivity contribution is 7.80. The van der Waals surface area contributed by atoms with Crippen molar-refractivity contribution in [3.63, 3.8) is 0 Å². The molecule has 184 valence electrons. The lowest BCUT2D eigenvalue weighted by molar-refractivity contribution is -0.0993. The van der Waals surface area contributed by atoms with Gasteiger partial charge in [-0.05, 0) is 62.0 Å². The van der Waals surface area contributed by atoms with Crippen LogP contribution in [0.3, 0.4) is 0 Å². The smallest absolute Gasteiger partial charge is 0.314 e. The molecule has 5 rings (SSSR count). The Morgan fingerprint density at radius 2 is 1.80 bits per heavy atom. The summed E-state index contributed by atoms with van der Waals surface area (Å²) in [6, 6.07) is 14.1. The molecule has 3 aromatic rings. The van der Waals surface area contributed by atoms with Crippen molar-refractivity contribution >= 4 is 23.0 Å². The fraction of sp³-hybridized carbons (Fsp3) is 0.400. The van der Waals surface area contributed by atoms with Crippen LogP contribution in [0.2, 0.25) is 0 Å². The number of nitrogens with zero attached hydrogens (tertiary/aromatic N) is 5. The minimum absolute atomic E-state index is 0.0335. The zero-order chi connectivity index (χ0) is 24.7. The summed E-state index contributed by atoms with van der Waals surface area (Å²) in [6.07, 6.45) is -2.81. The SMILES string of the molecule is CC(C)N1CC2(CN(C(=S)N(Cc3ccc(-c4nnc(C(F)F)o4)cc3)c3cccc(F)c3)C2)C1. The monoisotopic (exact) mass is 501 g/mol. The van der Waals surface area contributed by atoms with Gasteiger partial charge >= 0.3 is 6.43 Å². The van der Waals surface area contributed by atoms with E-state index in [0.29, 0.717) is 34.4 Å². The van der Waals surface area contributed by atoms with Gasteiger partial charge in [-0.2, -0.15) is 8.78 Å². The minimum atomic E-state index is -2.81. The lowest BCUT2D eigenvalue weighted by Gasteiger charge is -2.62. The molecule has 1 spiro atoms. The molecule has 0 saturated carbocycles. The Bertz CT molecular complexity index is 1200. The van der Waals surface area contributed by atoms with Crippen LogP contribution in [0.15, 0.2) is 52.9 Å². The molecule has 6 nitrogen and oxygen atoms in total. The summed E-state index contributed by atoms with van der Waals surface area (Å²) in [7, 11) is 0. The molecule has 0 radical (unpaired) electrons. The lowest BCUT2D eigenvalue weighted by atomic mass is 9.72. The van der Waals surface area contributed by atoms with Crippen LogP contribution in [0.4, 0.5) is 18.9 Å². The Morgan fingerprint density at radius 1 is 1.09 bits per heavy atom. The molecule has 2 saturated heterocycles. The number of likely N-dealkylation sites (tertiary alicyclic amines) is 2. The second kappa shape index (κ2) is 9.23. The van der Waals surface area contributed by atoms with Crippen LogP contribution in [-0.4, -0.2) is 57.3 Å². The van der Waals surface area contributed by atoms with E-state index >= 15 is 0 Å². The van der Waals surface area contributed by atoms with Crippen LogP contribution in [0.25, 0.3) is 11.5 Å². The van der Waals surface area contributed by atoms with Crippen LogP contribution < -0.4 is 4.90 Å². The van der Waals surface area contributed by atoms with Crippen molar-refractivity contribution in [1.82, 2.24) is 20.0 Å². The molecule has 2 fully saturated rings. The van der Waals surface area contributed by atoms with Gasteiger partial charge in [0.25, 0.3) is 5.89 Å². The first kappa shape index (κ1) is 23.7. The van der Waals surface area contributed by atoms with Crippen LogP contribution in [0, 0.1) is 11.2 Å². The van der Waals surface area contributed by atoms with Crippen molar-refractivity contribution in [3.8, 4) is 11.5 Å². The largest absolute Gasteiger partial charge is 0.415 e. The van der Waals surface area contributed by atoms with Crippen molar-refractivity contribution in [2.45, 2.75) is 32.9 Å². The predicted octanol–water partition coefficient (Wildman–Crippen LogP) is 5.13. The van der Waals surface area contributed by atoms with Crippen molar-refractivity contribution < 1.29 is 17.6 Å². The van der Waals surface area contributed by atoms with Gasteiger partial charge < -0.3 is 14.2 Å². The van der Waals surface area contributed by atoms with Crippen LogP contribution in [0.5, 0.6) is 0 Å². The molecule has 3 heterocycles. The zero-order valence-electron chi connectivity index (χ0n) is 19.5. The van der Waals surface area contributed by atoms with Gasteiger partial charge in [-0.1, -0.05) is 18.2 Å². The standard InChI is InChI=1S/C25H26F3N5OS/c1-16(2)31-12-25(13-31)14-32(15-25)24(35)33(20-5-3-4-19(26)10-20)11-17-6-8-18(9-7-17)22-29-30-23(34-22)21(27)28/h3-10,16,21H,11-15H2,1-2H3. The Hall–Kier alpha value is -2.98. The van der Waals surface area contributed by atoms with Crippen LogP contribution >= 0.6 is 12.2 Å². The Balaban J connectivity index is 1.31. The molecule has 2 aromatic carbocycles. The highest BCUT2D eigenvalue weighted by atomic mass is 32.1. The van der Waals surface area contributed by atoms with E-state index in [1.165, 1.54) is 12.1 Å². The summed E-state index contributed by atoms with van der Waals surface area (Å²) in [5.74, 6) is -1.00. The maximum Gasteiger partial charge on any atom is 0.314 e. The van der Waals surface area contributed by atoms with Gasteiger partial charge in [0, 0.05) is 48.9 Å². The Morgan fingerprint density at radius 3 is 2.40 bits per heavy atom. The van der Waals surface area contributed by atoms with Gasteiger partial charge in [0.1, 0.15) is 5.82 Å². The second-order valence-corrected chi connectivity index (χ2v) is 10.0. The maximum absolute atomic E-state index is 14.1. The van der Waals surface area contributed by atoms with E-state index in [1.807, 2.05) is 23.1 Å². The van der Waals surface area contributed by atoms with Crippen molar-refractivity contribution in [2.75, 3.05) is 31.1 Å². The van der Waals surface area contributed by atoms with Crippen LogP contribution in [0.1, 0.15) is 31.7 Å². The molecule has 2 aliphatic heterocycles. The maximum atomic E-state index is 14.1. The van der Waals surface area contributed by atoms with Gasteiger partial charge in [-0.15, -0.1) is 10.2 Å². The van der Waals surface area contributed by atoms with Gasteiger partial charge in [0.2, 0.25) is 5.89 Å². The number of alkyl halides is 2. The van der Waals surface area contributed by atoms with E-state index < -0.39 is 12.3 Å². The number of aromatic nitrogens is 2. The third-order valence-electron chi connectivity index (χ3n) is 6.65. The van der Waals surface area contributed by atoms with E-state index in [0.717, 1.165) is 31.7 Å². The summed E-state index contributed by atoms with van der Waals surface area (Å²) in [4.78, 5) is 6.57. The molecule has 0 atom stereocenters. The summed E-state index contributed by atoms with van der Waals surface area (Å²) in [5.41, 5.74) is 2.43. The van der Waals surface area contributed by atoms with Gasteiger partial charge in [-0.3, -0.25) is 4.90 Å². The van der Waals surface area contributed by atoms with E-state index in [2.05, 4.69) is 33.8 Å². The summed E-state index contributed by atoms with van der Waals surface area (Å²) < 4.78 is 44.6. The van der Waals surface area contributed by atoms with Gasteiger partial charge in [0.15, 0.2) is 5.11 Å². The summed E-state index contributed by atoms with van der Waals surface area (Å²) >= 11 is 5.87. The average Bonchev–Trinajstić information content (AvgIpc) is 3.26. The van der Waals surface area contributed by atoms with Crippen molar-refractivity contribution in [3.05, 3.63) is 65.8 Å². The number of benzene rings is 2. The quantitative estimate of drug-likeness (QED) is 0.434. The van der Waals surface area contributed by atoms with Crippen molar-refractivity contribution in [2.24, 2.45) is 5.41 Å². The van der Waals surface area contributed by atoms with E-state index in [4.69, 9.17) is 16.6 Å². The molecule has 0 N–H and O–H groups in total. The molecule has 1 aromatic heterocycles. The van der Waals surface area contributed by atoms with Gasteiger partial charge in [-0.25, -0.2) is 4.39 Å². The number of rotatable bonds is 6. The minimum Gasteiger partial charge on any atom is -0.415 e. The third-order valence-corrected chi connectivity index (χ3v) is 7.13. The first-order valence-corrected chi connectivity index (χ1v) is 11.9. The van der Waals surface area contributed by atoms with Crippen LogP contribution in [-0.2, 0) is 6.54 Å². The molecule has 0 unspecified atom stereocenters. The molecule has 0 bridgehead atoms. The number of anilines is 1. The molecule has 10 heteroatoms. The Kier molecular flexibility index (Phi) is 6.27. The number of hydrogen-bond donors (Lipinski definition) is 0. The highest BCUT2D eigenvalue weighted by Crippen LogP contribution is 2.41. The zero-order valence-corrected chi connectivity index (χ0v) is 20.3. The highest BCUT2D eigenvalue weighted by Gasteiger charge is 2.53. The number of halogens is 3. The van der Waals surface area contributed by atoms with E-state index in [1.54, 1.807) is 18.2 Å². The second-order valence-electron chi connectivity index (χ2n) is 9.65. The molecular weight excluding hydrogens is 475 g/mol. The third kappa shape index (κ3) is 4.77. The fourth-order valence-corrected chi connectivity index (χ4v) is 5.04. The number of hydrogen-bond acceptors (Lipinski definition) is 5. The first-order valence-electron chi connectivity index (χ1n) is 11.5. The molecular formula is C25H26F3N5OS. The predicted molar refractivity (Wildman–Crippen MR) is 131 cm³/mol. The van der Waals surface area contributed by atoms with Crippen molar-refractivity contribution in [1.29, 1.82) is 0 Å². The molecule has 35 heavy (non-hydrogen) atoms. The summed E-state index contributed by atoms with van der Waals surface area (Å²) in [6.45, 7) is 8.79. The average molecular weight is 502 g/mol. The van der Waals surface area contributed by atoms with E-state index in [9.17, 15) is 13.2 Å². The summed E-state index contributed by atoms with van der Waals surface area (Å²) in [5, 5.41) is 7.72. The molecule has 2 aliphatic rings. The first-order chi connectivity index (χ1) is 16.7.